The van der Waals surface area contributed by atoms with Gasteiger partial charge in [0.1, 0.15) is 10.3 Å². The molecule has 1 atom stereocenters. The van der Waals surface area contributed by atoms with E-state index in [4.69, 9.17) is 0 Å². The second kappa shape index (κ2) is 5.51. The molecule has 2 rings (SSSR count). The smallest absolute Gasteiger partial charge is 0.152 e. The Hall–Kier alpha value is -0.680. The van der Waals surface area contributed by atoms with Crippen molar-refractivity contribution in [3.63, 3.8) is 0 Å². The van der Waals surface area contributed by atoms with Crippen molar-refractivity contribution in [2.24, 2.45) is 5.41 Å². The average Bonchev–Trinajstić information content (AvgIpc) is 2.36. The van der Waals surface area contributed by atoms with Crippen LogP contribution in [-0.4, -0.2) is 19.3 Å². The van der Waals surface area contributed by atoms with Crippen molar-refractivity contribution < 1.29 is 4.55 Å². The zero-order chi connectivity index (χ0) is 15.9. The van der Waals surface area contributed by atoms with E-state index in [9.17, 15) is 9.81 Å². The Labute approximate surface area is 137 Å². The third kappa shape index (κ3) is 3.39. The molecule has 1 heterocycles. The SMILES string of the molecule is CC1(C#N)CC(N[S+]([O-])C(C)(C)C)(c2ncc(Br)cn2)C1. The summed E-state index contributed by atoms with van der Waals surface area (Å²) in [6, 6.07) is 2.32. The molecule has 1 aliphatic rings. The molecule has 0 spiro atoms. The van der Waals surface area contributed by atoms with E-state index in [2.05, 4.69) is 36.7 Å². The van der Waals surface area contributed by atoms with Gasteiger partial charge >= 0.3 is 0 Å². The van der Waals surface area contributed by atoms with Crippen LogP contribution in [0.3, 0.4) is 0 Å². The first kappa shape index (κ1) is 16.7. The molecule has 1 aliphatic carbocycles. The van der Waals surface area contributed by atoms with E-state index in [0.29, 0.717) is 18.7 Å². The molecule has 1 saturated carbocycles. The number of aromatic nitrogens is 2. The first-order valence-electron chi connectivity index (χ1n) is 6.69. The van der Waals surface area contributed by atoms with Crippen LogP contribution in [0, 0.1) is 16.7 Å². The highest BCUT2D eigenvalue weighted by Crippen LogP contribution is 2.53. The van der Waals surface area contributed by atoms with Gasteiger partial charge in [-0.2, -0.15) is 5.26 Å². The zero-order valence-electron chi connectivity index (χ0n) is 12.6. The third-order valence-corrected chi connectivity index (χ3v) is 5.64. The number of nitrogens with zero attached hydrogens (tertiary/aromatic N) is 3. The van der Waals surface area contributed by atoms with Crippen molar-refractivity contribution >= 4 is 27.3 Å². The largest absolute Gasteiger partial charge is 0.598 e. The second-order valence-electron chi connectivity index (χ2n) is 6.82. The molecule has 1 unspecified atom stereocenters. The van der Waals surface area contributed by atoms with E-state index in [0.717, 1.165) is 4.47 Å². The van der Waals surface area contributed by atoms with Gasteiger partial charge in [0.15, 0.2) is 5.82 Å². The van der Waals surface area contributed by atoms with E-state index in [-0.39, 0.29) is 4.75 Å². The molecule has 1 aromatic heterocycles. The molecule has 0 amide bonds. The summed E-state index contributed by atoms with van der Waals surface area (Å²) in [5.74, 6) is 0.594. The topological polar surface area (TPSA) is 84.7 Å². The Morgan fingerprint density at radius 2 is 1.90 bits per heavy atom. The number of halogens is 1. The van der Waals surface area contributed by atoms with Crippen LogP contribution in [-0.2, 0) is 16.9 Å². The van der Waals surface area contributed by atoms with E-state index in [1.54, 1.807) is 12.4 Å². The van der Waals surface area contributed by atoms with Crippen molar-refractivity contribution in [1.82, 2.24) is 14.7 Å². The molecule has 1 N–H and O–H groups in total. The van der Waals surface area contributed by atoms with Crippen LogP contribution >= 0.6 is 15.9 Å². The number of rotatable bonds is 3. The minimum atomic E-state index is -1.25. The Morgan fingerprint density at radius 3 is 2.33 bits per heavy atom. The van der Waals surface area contributed by atoms with Crippen LogP contribution in [0.25, 0.3) is 0 Å². The molecule has 1 fully saturated rings. The number of hydrogen-bond acceptors (Lipinski definition) is 5. The minimum absolute atomic E-state index is 0.388. The van der Waals surface area contributed by atoms with E-state index in [1.165, 1.54) is 0 Å². The van der Waals surface area contributed by atoms with Gasteiger partial charge in [-0.1, -0.05) is 0 Å². The molecule has 0 bridgehead atoms. The van der Waals surface area contributed by atoms with Crippen LogP contribution in [0.5, 0.6) is 0 Å². The third-order valence-electron chi connectivity index (χ3n) is 3.55. The van der Waals surface area contributed by atoms with Gasteiger partial charge in [-0.3, -0.25) is 0 Å². The lowest BCUT2D eigenvalue weighted by atomic mass is 9.59. The molecule has 1 aromatic rings. The van der Waals surface area contributed by atoms with Crippen molar-refractivity contribution in [2.45, 2.75) is 50.8 Å². The van der Waals surface area contributed by atoms with Crippen molar-refractivity contribution in [3.8, 4) is 6.07 Å². The normalized spacial score (nSPS) is 30.3. The molecule has 114 valence electrons. The van der Waals surface area contributed by atoms with E-state index >= 15 is 0 Å². The summed E-state index contributed by atoms with van der Waals surface area (Å²) in [5.41, 5.74) is -1.02. The highest BCUT2D eigenvalue weighted by molar-refractivity contribution is 9.10. The molecular formula is C14H19BrN4OS. The van der Waals surface area contributed by atoms with Gasteiger partial charge in [0.25, 0.3) is 0 Å². The number of hydrogen-bond donors (Lipinski definition) is 1. The second-order valence-corrected chi connectivity index (χ2v) is 9.70. The summed E-state index contributed by atoms with van der Waals surface area (Å²) in [4.78, 5) is 8.69. The van der Waals surface area contributed by atoms with Crippen LogP contribution in [0.4, 0.5) is 0 Å². The highest BCUT2D eigenvalue weighted by atomic mass is 79.9. The predicted molar refractivity (Wildman–Crippen MR) is 85.4 cm³/mol. The lowest BCUT2D eigenvalue weighted by Gasteiger charge is -2.50. The molecule has 0 saturated heterocycles. The van der Waals surface area contributed by atoms with Crippen molar-refractivity contribution in [1.29, 1.82) is 5.26 Å². The van der Waals surface area contributed by atoms with Crippen LogP contribution in [0.1, 0.15) is 46.4 Å². The fourth-order valence-electron chi connectivity index (χ4n) is 2.53. The van der Waals surface area contributed by atoms with Crippen LogP contribution in [0.15, 0.2) is 16.9 Å². The number of nitriles is 1. The van der Waals surface area contributed by atoms with Gasteiger partial charge in [-0.15, -0.1) is 4.72 Å². The van der Waals surface area contributed by atoms with E-state index in [1.807, 2.05) is 27.7 Å². The summed E-state index contributed by atoms with van der Waals surface area (Å²) in [7, 11) is 0. The Kier molecular flexibility index (Phi) is 4.37. The summed E-state index contributed by atoms with van der Waals surface area (Å²) < 4.78 is 16.0. The van der Waals surface area contributed by atoms with Gasteiger partial charge in [0, 0.05) is 23.8 Å². The van der Waals surface area contributed by atoms with Gasteiger partial charge in [-0.25, -0.2) is 9.97 Å². The predicted octanol–water partition coefficient (Wildman–Crippen LogP) is 2.81. The summed E-state index contributed by atoms with van der Waals surface area (Å²) in [6.07, 6.45) is 4.46. The quantitative estimate of drug-likeness (QED) is 0.826. The van der Waals surface area contributed by atoms with Crippen LogP contribution < -0.4 is 4.72 Å². The fourth-order valence-corrected chi connectivity index (χ4v) is 3.63. The van der Waals surface area contributed by atoms with Gasteiger partial charge in [-0.05, 0) is 56.5 Å². The standard InChI is InChI=1S/C14H19BrN4OS/c1-12(2,3)21(20)19-14(7-13(4,8-14)9-16)11-17-5-10(15)6-18-11/h5-6,19H,7-8H2,1-4H3. The summed E-state index contributed by atoms with van der Waals surface area (Å²) in [5, 5.41) is 9.26. The molecule has 7 heteroatoms. The molecule has 0 aromatic carbocycles. The molecular weight excluding hydrogens is 352 g/mol. The monoisotopic (exact) mass is 370 g/mol. The Bertz CT molecular complexity index is 558. The Balaban J connectivity index is 2.30. The summed E-state index contributed by atoms with van der Waals surface area (Å²) >= 11 is 2.07. The highest BCUT2D eigenvalue weighted by Gasteiger charge is 2.58. The molecule has 21 heavy (non-hydrogen) atoms. The van der Waals surface area contributed by atoms with Gasteiger partial charge in [0.2, 0.25) is 0 Å². The maximum absolute atomic E-state index is 12.5. The molecule has 5 nitrogen and oxygen atoms in total. The van der Waals surface area contributed by atoms with Crippen molar-refractivity contribution in [2.75, 3.05) is 0 Å². The first-order valence-corrected chi connectivity index (χ1v) is 8.64. The Morgan fingerprint density at radius 1 is 1.38 bits per heavy atom. The lowest BCUT2D eigenvalue weighted by Crippen LogP contribution is -2.61. The van der Waals surface area contributed by atoms with E-state index < -0.39 is 22.3 Å². The van der Waals surface area contributed by atoms with Crippen molar-refractivity contribution in [3.05, 3.63) is 22.7 Å². The first-order chi connectivity index (χ1) is 9.60. The molecule has 0 radical (unpaired) electrons. The fraction of sp³-hybridized carbons (Fsp3) is 0.643. The number of nitrogens with one attached hydrogen (secondary N) is 1. The van der Waals surface area contributed by atoms with Crippen LogP contribution in [0.2, 0.25) is 0 Å². The minimum Gasteiger partial charge on any atom is -0.598 e. The maximum atomic E-state index is 12.5. The van der Waals surface area contributed by atoms with Gasteiger partial charge < -0.3 is 4.55 Å². The summed E-state index contributed by atoms with van der Waals surface area (Å²) in [6.45, 7) is 7.64. The van der Waals surface area contributed by atoms with Gasteiger partial charge in [0.05, 0.1) is 16.0 Å². The molecule has 0 aliphatic heterocycles. The average molecular weight is 371 g/mol. The zero-order valence-corrected chi connectivity index (χ0v) is 15.0. The maximum Gasteiger partial charge on any atom is 0.152 e. The lowest BCUT2D eigenvalue weighted by molar-refractivity contribution is 0.0725.